The van der Waals surface area contributed by atoms with E-state index in [2.05, 4.69) is 35.0 Å². The first-order valence-corrected chi connectivity index (χ1v) is 17.4. The smallest absolute Gasteiger partial charge is 0.324 e. The summed E-state index contributed by atoms with van der Waals surface area (Å²) < 4.78 is 18.2. The maximum Gasteiger partial charge on any atom is 0.470 e. The SMILES string of the molecule is CCCCCCCCCCCCC(CCCCCCCCCCCC)(C(C)(C)OP(=O)(O)O)[N+](C)(C)C. The van der Waals surface area contributed by atoms with Crippen LogP contribution in [0.25, 0.3) is 0 Å². The minimum atomic E-state index is -4.59. The summed E-state index contributed by atoms with van der Waals surface area (Å²) in [6.45, 7) is 8.34. The van der Waals surface area contributed by atoms with Crippen LogP contribution in [-0.4, -0.2) is 46.6 Å². The van der Waals surface area contributed by atoms with Gasteiger partial charge in [0.25, 0.3) is 0 Å². The molecule has 37 heavy (non-hydrogen) atoms. The third-order valence-corrected chi connectivity index (χ3v) is 9.33. The number of likely N-dealkylation sites (N-methyl/N-ethyl adjacent to an activating group) is 1. The number of phosphoric acid groups is 1. The average Bonchev–Trinajstić information content (AvgIpc) is 2.77. The standard InChI is InChI=1S/C31H66NO4P/c1-8-10-12-14-16-18-20-22-24-26-28-31(32(5,6)7,30(3,4)36-37(33,34)35)29-27-25-23-21-19-17-15-13-11-9-2/h8-29H2,1-7H3,(H-,33,34,35)/p+1. The third-order valence-electron chi connectivity index (χ3n) is 8.64. The third kappa shape index (κ3) is 16.7. The van der Waals surface area contributed by atoms with Gasteiger partial charge in [0, 0.05) is 12.8 Å². The average molecular weight is 549 g/mol. The van der Waals surface area contributed by atoms with Crippen LogP contribution < -0.4 is 0 Å². The van der Waals surface area contributed by atoms with E-state index in [1.54, 1.807) is 0 Å². The summed E-state index contributed by atoms with van der Waals surface area (Å²) in [5.41, 5.74) is -1.28. The number of hydrogen-bond donors (Lipinski definition) is 2. The zero-order chi connectivity index (χ0) is 28.3. The fourth-order valence-electron chi connectivity index (χ4n) is 6.40. The fourth-order valence-corrected chi connectivity index (χ4v) is 7.16. The van der Waals surface area contributed by atoms with Crippen molar-refractivity contribution in [2.24, 2.45) is 0 Å². The zero-order valence-electron chi connectivity index (χ0n) is 26.2. The Labute approximate surface area is 232 Å². The molecule has 0 aliphatic rings. The molecule has 0 saturated heterocycles. The Kier molecular flexibility index (Phi) is 20.1. The Bertz CT molecular complexity index is 558. The van der Waals surface area contributed by atoms with E-state index in [4.69, 9.17) is 4.52 Å². The predicted molar refractivity (Wildman–Crippen MR) is 161 cm³/mol. The Morgan fingerprint density at radius 1 is 0.568 bits per heavy atom. The number of rotatable bonds is 26. The highest BCUT2D eigenvalue weighted by atomic mass is 31.2. The van der Waals surface area contributed by atoms with Gasteiger partial charge in [-0.2, -0.15) is 0 Å². The lowest BCUT2D eigenvalue weighted by Crippen LogP contribution is -2.68. The lowest BCUT2D eigenvalue weighted by atomic mass is 9.72. The highest BCUT2D eigenvalue weighted by molar-refractivity contribution is 7.46. The molecule has 0 aliphatic carbocycles. The summed E-state index contributed by atoms with van der Waals surface area (Å²) in [6.07, 6.45) is 27.6. The van der Waals surface area contributed by atoms with Crippen LogP contribution in [0.2, 0.25) is 0 Å². The van der Waals surface area contributed by atoms with Crippen molar-refractivity contribution in [1.29, 1.82) is 0 Å². The Hall–Kier alpha value is 0.0700. The summed E-state index contributed by atoms with van der Waals surface area (Å²) >= 11 is 0. The van der Waals surface area contributed by atoms with Gasteiger partial charge in [-0.1, -0.05) is 129 Å². The second-order valence-corrected chi connectivity index (χ2v) is 14.2. The van der Waals surface area contributed by atoms with Gasteiger partial charge in [-0.05, 0) is 26.7 Å². The number of hydrogen-bond acceptors (Lipinski definition) is 2. The molecule has 0 atom stereocenters. The molecule has 0 aromatic heterocycles. The molecular weight excluding hydrogens is 481 g/mol. The highest BCUT2D eigenvalue weighted by Gasteiger charge is 2.57. The topological polar surface area (TPSA) is 66.8 Å². The highest BCUT2D eigenvalue weighted by Crippen LogP contribution is 2.51. The van der Waals surface area contributed by atoms with E-state index in [1.807, 2.05) is 13.8 Å². The molecule has 6 heteroatoms. The summed E-state index contributed by atoms with van der Waals surface area (Å²) in [7, 11) is 1.94. The van der Waals surface area contributed by atoms with E-state index >= 15 is 0 Å². The Morgan fingerprint density at radius 3 is 1.08 bits per heavy atom. The van der Waals surface area contributed by atoms with Crippen molar-refractivity contribution in [3.8, 4) is 0 Å². The predicted octanol–water partition coefficient (Wildman–Crippen LogP) is 9.94. The van der Waals surface area contributed by atoms with Crippen LogP contribution in [0.15, 0.2) is 0 Å². The van der Waals surface area contributed by atoms with Crippen LogP contribution in [0.3, 0.4) is 0 Å². The van der Waals surface area contributed by atoms with Crippen molar-refractivity contribution in [1.82, 2.24) is 0 Å². The van der Waals surface area contributed by atoms with Gasteiger partial charge < -0.3 is 14.3 Å². The van der Waals surface area contributed by atoms with Crippen molar-refractivity contribution < 1.29 is 23.4 Å². The van der Waals surface area contributed by atoms with E-state index in [0.717, 1.165) is 25.7 Å². The van der Waals surface area contributed by atoms with Gasteiger partial charge in [-0.15, -0.1) is 0 Å². The first-order chi connectivity index (χ1) is 17.3. The first-order valence-electron chi connectivity index (χ1n) is 15.9. The van der Waals surface area contributed by atoms with Crippen LogP contribution in [0.1, 0.15) is 169 Å². The molecule has 0 bridgehead atoms. The minimum absolute atomic E-state index is 0.353. The molecule has 224 valence electrons. The zero-order valence-corrected chi connectivity index (χ0v) is 27.1. The van der Waals surface area contributed by atoms with E-state index in [1.165, 1.54) is 116 Å². The lowest BCUT2D eigenvalue weighted by molar-refractivity contribution is -0.933. The van der Waals surface area contributed by atoms with Crippen LogP contribution in [0, 0.1) is 0 Å². The van der Waals surface area contributed by atoms with E-state index in [0.29, 0.717) is 4.48 Å². The fraction of sp³-hybridized carbons (Fsp3) is 1.00. The maximum absolute atomic E-state index is 12.0. The molecule has 0 unspecified atom stereocenters. The van der Waals surface area contributed by atoms with Gasteiger partial charge in [0.2, 0.25) is 0 Å². The summed E-state index contributed by atoms with van der Waals surface area (Å²) in [6, 6.07) is 0. The Balaban J connectivity index is 4.92. The molecule has 0 spiro atoms. The van der Waals surface area contributed by atoms with Gasteiger partial charge in [-0.25, -0.2) is 4.57 Å². The lowest BCUT2D eigenvalue weighted by Gasteiger charge is -2.54. The first kappa shape index (κ1) is 37.1. The molecule has 0 rings (SSSR count). The Morgan fingerprint density at radius 2 is 0.838 bits per heavy atom. The molecule has 0 saturated carbocycles. The van der Waals surface area contributed by atoms with Gasteiger partial charge in [0.05, 0.1) is 21.1 Å². The maximum atomic E-state index is 12.0. The van der Waals surface area contributed by atoms with Gasteiger partial charge in [0.15, 0.2) is 0 Å². The molecule has 0 aliphatic heterocycles. The number of nitrogens with zero attached hydrogens (tertiary/aromatic N) is 1. The van der Waals surface area contributed by atoms with Crippen LogP contribution in [0.4, 0.5) is 0 Å². The minimum Gasteiger partial charge on any atom is -0.324 e. The number of unbranched alkanes of at least 4 members (excludes halogenated alkanes) is 18. The van der Waals surface area contributed by atoms with E-state index in [9.17, 15) is 14.4 Å². The summed E-state index contributed by atoms with van der Waals surface area (Å²) in [5, 5.41) is 0. The van der Waals surface area contributed by atoms with Gasteiger partial charge >= 0.3 is 7.82 Å². The second-order valence-electron chi connectivity index (χ2n) is 13.0. The van der Waals surface area contributed by atoms with Crippen molar-refractivity contribution in [2.75, 3.05) is 21.1 Å². The molecule has 0 heterocycles. The molecule has 0 amide bonds. The summed E-state index contributed by atoms with van der Waals surface area (Å²) in [4.78, 5) is 19.5. The molecule has 0 fully saturated rings. The largest absolute Gasteiger partial charge is 0.470 e. The number of phosphoric ester groups is 1. The molecule has 5 nitrogen and oxygen atoms in total. The monoisotopic (exact) mass is 548 g/mol. The van der Waals surface area contributed by atoms with Crippen LogP contribution >= 0.6 is 7.82 Å². The van der Waals surface area contributed by atoms with Crippen molar-refractivity contribution in [3.63, 3.8) is 0 Å². The molecule has 0 aromatic carbocycles. The molecule has 0 radical (unpaired) electrons. The van der Waals surface area contributed by atoms with E-state index < -0.39 is 13.4 Å². The van der Waals surface area contributed by atoms with Crippen LogP contribution in [0.5, 0.6) is 0 Å². The van der Waals surface area contributed by atoms with Crippen LogP contribution in [-0.2, 0) is 9.09 Å². The second kappa shape index (κ2) is 20.0. The normalized spacial score (nSPS) is 13.4. The summed E-state index contributed by atoms with van der Waals surface area (Å²) in [5.74, 6) is 0. The van der Waals surface area contributed by atoms with E-state index in [-0.39, 0.29) is 5.54 Å². The van der Waals surface area contributed by atoms with Crippen molar-refractivity contribution in [3.05, 3.63) is 0 Å². The number of quaternary nitrogens is 1. The quantitative estimate of drug-likeness (QED) is 0.0641. The molecular formula is C31H67NO4P+. The van der Waals surface area contributed by atoms with Gasteiger partial charge in [-0.3, -0.25) is 4.52 Å². The molecule has 0 aromatic rings. The van der Waals surface area contributed by atoms with Crippen molar-refractivity contribution in [2.45, 2.75) is 180 Å². The van der Waals surface area contributed by atoms with Gasteiger partial charge in [0.1, 0.15) is 11.1 Å². The molecule has 2 N–H and O–H groups in total. The van der Waals surface area contributed by atoms with Crippen molar-refractivity contribution >= 4 is 7.82 Å².